The molecule has 37 heavy (non-hydrogen) atoms. The van der Waals surface area contributed by atoms with Crippen LogP contribution in [0.4, 0.5) is 0 Å². The van der Waals surface area contributed by atoms with E-state index in [1.165, 1.54) is 37.8 Å². The third-order valence-corrected chi connectivity index (χ3v) is 12.2. The van der Waals surface area contributed by atoms with Gasteiger partial charge in [0.25, 0.3) is 5.56 Å². The number of pyridine rings is 1. The summed E-state index contributed by atoms with van der Waals surface area (Å²) in [5, 5.41) is 31.5. The predicted molar refractivity (Wildman–Crippen MR) is 143 cm³/mol. The summed E-state index contributed by atoms with van der Waals surface area (Å²) in [5.41, 5.74) is 0.212. The molecular weight excluding hydrogens is 466 g/mol. The Kier molecular flexibility index (Phi) is 7.15. The van der Waals surface area contributed by atoms with Crippen molar-refractivity contribution in [1.82, 2.24) is 4.57 Å². The zero-order valence-electron chi connectivity index (χ0n) is 23.1. The topological polar surface area (TPSA) is 99.8 Å². The van der Waals surface area contributed by atoms with Crippen molar-refractivity contribution < 1.29 is 20.1 Å². The van der Waals surface area contributed by atoms with Crippen LogP contribution in [0.5, 0.6) is 0 Å². The molecule has 0 amide bonds. The van der Waals surface area contributed by atoms with E-state index < -0.39 is 5.97 Å². The number of hydrogen-bond donors (Lipinski definition) is 3. The number of carboxylic acids is 1. The first-order chi connectivity index (χ1) is 17.5. The molecule has 0 unspecified atom stereocenters. The van der Waals surface area contributed by atoms with Crippen LogP contribution in [0.3, 0.4) is 0 Å². The quantitative estimate of drug-likeness (QED) is 0.486. The minimum Gasteiger partial charge on any atom is -0.478 e. The van der Waals surface area contributed by atoms with Crippen molar-refractivity contribution in [2.24, 2.45) is 52.3 Å². The number of carbonyl (C=O) groups is 1. The van der Waals surface area contributed by atoms with Crippen LogP contribution in [-0.4, -0.2) is 38.1 Å². The van der Waals surface area contributed by atoms with Crippen LogP contribution >= 0.6 is 0 Å². The summed E-state index contributed by atoms with van der Waals surface area (Å²) in [4.78, 5) is 23.6. The molecule has 6 heteroatoms. The number of aliphatic hydroxyl groups is 2. The van der Waals surface area contributed by atoms with Crippen LogP contribution < -0.4 is 5.56 Å². The summed E-state index contributed by atoms with van der Waals surface area (Å²) in [7, 11) is 0. The van der Waals surface area contributed by atoms with E-state index in [4.69, 9.17) is 5.11 Å². The van der Waals surface area contributed by atoms with Crippen LogP contribution in [0.25, 0.3) is 0 Å². The van der Waals surface area contributed by atoms with Crippen LogP contribution in [-0.2, 0) is 6.54 Å². The van der Waals surface area contributed by atoms with Crippen LogP contribution in [0.2, 0.25) is 0 Å². The average Bonchev–Trinajstić information content (AvgIpc) is 3.21. The molecule has 5 rings (SSSR count). The highest BCUT2D eigenvalue weighted by atomic mass is 16.4. The van der Waals surface area contributed by atoms with Gasteiger partial charge in [-0.3, -0.25) is 4.79 Å². The fourth-order valence-electron chi connectivity index (χ4n) is 10.3. The fraction of sp³-hybridized carbons (Fsp3) is 0.806. The van der Waals surface area contributed by atoms with Gasteiger partial charge in [0, 0.05) is 18.8 Å². The van der Waals surface area contributed by atoms with Gasteiger partial charge in [-0.2, -0.15) is 0 Å². The molecule has 3 N–H and O–H groups in total. The third-order valence-electron chi connectivity index (χ3n) is 12.2. The van der Waals surface area contributed by atoms with Gasteiger partial charge in [0.15, 0.2) is 0 Å². The Balaban J connectivity index is 1.34. The average molecular weight is 514 g/mol. The second-order valence-electron chi connectivity index (χ2n) is 13.6. The highest BCUT2D eigenvalue weighted by Gasteiger charge is 2.64. The molecule has 1 heterocycles. The molecule has 0 aromatic carbocycles. The number of hydrogen-bond acceptors (Lipinski definition) is 4. The number of rotatable bonds is 6. The fourth-order valence-corrected chi connectivity index (χ4v) is 10.3. The number of aryl methyl sites for hydroxylation is 1. The summed E-state index contributed by atoms with van der Waals surface area (Å²) in [5.74, 6) is 2.07. The Hall–Kier alpha value is -1.66. The lowest BCUT2D eigenvalue weighted by molar-refractivity contribution is -0.203. The van der Waals surface area contributed by atoms with E-state index in [1.54, 1.807) is 10.8 Å². The number of nitrogens with zero attached hydrogens (tertiary/aromatic N) is 1. The molecule has 11 atom stereocenters. The molecule has 206 valence electrons. The highest BCUT2D eigenvalue weighted by molar-refractivity contribution is 5.87. The largest absolute Gasteiger partial charge is 0.478 e. The standard InChI is InChI=1S/C31H47NO5/c1-5-21-25-17-20(33)8-12-31(25,4)24-9-13-30(3)22(6-7-23(30)27(24)28(21)35)18(2)10-14-32-15-11-19(29(36)37)16-26(32)34/h11,15-16,18,20-25,27-28,33,35H,5-10,12-14,17H2,1-4H3,(H,36,37)/t18-,20-,21-,22-,23+,24+,25+,27+,28-,30-,31-/m1/s1. The SMILES string of the molecule is CC[C@H]1[C@@H](O)[C@@H]2[C@H](CC[C@]3(C)[C@@H]([C@H](C)CCn4ccc(C(=O)O)cc4=O)CC[C@@H]23)[C@@]2(C)CC[C@@H](O)C[C@@H]12. The van der Waals surface area contributed by atoms with Crippen molar-refractivity contribution in [2.75, 3.05) is 0 Å². The molecule has 4 saturated carbocycles. The molecule has 0 radical (unpaired) electrons. The lowest BCUT2D eigenvalue weighted by atomic mass is 9.41. The van der Waals surface area contributed by atoms with Crippen molar-refractivity contribution in [3.63, 3.8) is 0 Å². The normalized spacial score (nSPS) is 43.9. The molecule has 4 aliphatic carbocycles. The van der Waals surface area contributed by atoms with Crippen molar-refractivity contribution in [2.45, 2.75) is 104 Å². The number of aromatic carboxylic acids is 1. The van der Waals surface area contributed by atoms with Gasteiger partial charge >= 0.3 is 5.97 Å². The lowest BCUT2D eigenvalue weighted by Crippen LogP contribution is -2.62. The summed E-state index contributed by atoms with van der Waals surface area (Å²) >= 11 is 0. The molecule has 4 aliphatic rings. The number of aliphatic hydroxyl groups excluding tert-OH is 2. The summed E-state index contributed by atoms with van der Waals surface area (Å²) in [6, 6.07) is 2.73. The summed E-state index contributed by atoms with van der Waals surface area (Å²) in [6.45, 7) is 10.1. The van der Waals surface area contributed by atoms with Crippen molar-refractivity contribution in [3.05, 3.63) is 34.2 Å². The van der Waals surface area contributed by atoms with Gasteiger partial charge in [-0.25, -0.2) is 4.79 Å². The zero-order chi connectivity index (χ0) is 26.7. The summed E-state index contributed by atoms with van der Waals surface area (Å²) in [6.07, 6.45) is 10.6. The van der Waals surface area contributed by atoms with Crippen molar-refractivity contribution in [3.8, 4) is 0 Å². The number of fused-ring (bicyclic) bond motifs is 5. The van der Waals surface area contributed by atoms with E-state index in [2.05, 4.69) is 27.7 Å². The molecule has 0 bridgehead atoms. The van der Waals surface area contributed by atoms with Crippen molar-refractivity contribution in [1.29, 1.82) is 0 Å². The van der Waals surface area contributed by atoms with E-state index in [9.17, 15) is 19.8 Å². The minimum absolute atomic E-state index is 0.0389. The maximum atomic E-state index is 12.4. The second-order valence-corrected chi connectivity index (χ2v) is 13.6. The lowest BCUT2D eigenvalue weighted by Gasteiger charge is -2.64. The molecule has 0 saturated heterocycles. The Morgan fingerprint density at radius 3 is 2.46 bits per heavy atom. The highest BCUT2D eigenvalue weighted by Crippen LogP contribution is 2.69. The van der Waals surface area contributed by atoms with Gasteiger partial charge in [-0.1, -0.05) is 34.1 Å². The Morgan fingerprint density at radius 1 is 1.08 bits per heavy atom. The Bertz CT molecular complexity index is 1070. The number of aromatic nitrogens is 1. The first kappa shape index (κ1) is 26.9. The second kappa shape index (κ2) is 9.82. The minimum atomic E-state index is -1.07. The van der Waals surface area contributed by atoms with E-state index >= 15 is 0 Å². The molecule has 1 aromatic heterocycles. The van der Waals surface area contributed by atoms with E-state index in [1.807, 2.05) is 0 Å². The first-order valence-electron chi connectivity index (χ1n) is 14.8. The van der Waals surface area contributed by atoms with E-state index in [0.717, 1.165) is 32.1 Å². The molecule has 4 fully saturated rings. The molecule has 0 aliphatic heterocycles. The third kappa shape index (κ3) is 4.30. The van der Waals surface area contributed by atoms with Crippen LogP contribution in [0.1, 0.15) is 95.8 Å². The Labute approximate surface area is 221 Å². The van der Waals surface area contributed by atoms with Crippen LogP contribution in [0, 0.1) is 52.3 Å². The molecule has 0 spiro atoms. The van der Waals surface area contributed by atoms with E-state index in [0.29, 0.717) is 42.1 Å². The van der Waals surface area contributed by atoms with E-state index in [-0.39, 0.29) is 40.1 Å². The predicted octanol–water partition coefficient (Wildman–Crippen LogP) is 5.20. The smallest absolute Gasteiger partial charge is 0.335 e. The van der Waals surface area contributed by atoms with Crippen molar-refractivity contribution >= 4 is 5.97 Å². The monoisotopic (exact) mass is 513 g/mol. The molecule has 1 aromatic rings. The first-order valence-corrected chi connectivity index (χ1v) is 14.8. The summed E-state index contributed by atoms with van der Waals surface area (Å²) < 4.78 is 1.64. The Morgan fingerprint density at radius 2 is 1.78 bits per heavy atom. The number of carboxylic acid groups (broad SMARTS) is 1. The van der Waals surface area contributed by atoms with Gasteiger partial charge < -0.3 is 19.9 Å². The maximum absolute atomic E-state index is 12.4. The molecule has 6 nitrogen and oxygen atoms in total. The van der Waals surface area contributed by atoms with Gasteiger partial charge in [0.2, 0.25) is 0 Å². The maximum Gasteiger partial charge on any atom is 0.335 e. The zero-order valence-corrected chi connectivity index (χ0v) is 23.1. The molecular formula is C31H47NO5. The van der Waals surface area contributed by atoms with Gasteiger partial charge in [-0.05, 0) is 110 Å². The van der Waals surface area contributed by atoms with Crippen LogP contribution in [0.15, 0.2) is 23.1 Å². The van der Waals surface area contributed by atoms with Gasteiger partial charge in [0.05, 0.1) is 17.8 Å². The van der Waals surface area contributed by atoms with Gasteiger partial charge in [-0.15, -0.1) is 0 Å². The van der Waals surface area contributed by atoms with Gasteiger partial charge in [0.1, 0.15) is 0 Å².